The monoisotopic (exact) mass is 279 g/mol. The van der Waals surface area contributed by atoms with Gasteiger partial charge in [-0.3, -0.25) is 4.79 Å². The summed E-state index contributed by atoms with van der Waals surface area (Å²) < 4.78 is 7.46. The predicted molar refractivity (Wildman–Crippen MR) is 76.0 cm³/mol. The molecule has 2 heterocycles. The summed E-state index contributed by atoms with van der Waals surface area (Å²) in [5, 5.41) is -0.487. The van der Waals surface area contributed by atoms with E-state index in [4.69, 9.17) is 16.0 Å². The molecule has 0 N–H and O–H groups in total. The van der Waals surface area contributed by atoms with Crippen LogP contribution in [0.5, 0.6) is 0 Å². The van der Waals surface area contributed by atoms with Crippen LogP contribution in [-0.4, -0.2) is 15.7 Å². The van der Waals surface area contributed by atoms with Crippen LogP contribution in [0.15, 0.2) is 28.9 Å². The number of carbonyl (C=O) groups excluding carboxylic acids is 1. The number of furan rings is 1. The summed E-state index contributed by atoms with van der Waals surface area (Å²) >= 11 is 5.88. The van der Waals surface area contributed by atoms with Gasteiger partial charge in [-0.05, 0) is 39.0 Å². The van der Waals surface area contributed by atoms with Crippen molar-refractivity contribution in [3.8, 4) is 0 Å². The second kappa shape index (κ2) is 5.66. The molecule has 1 atom stereocenters. The lowest BCUT2D eigenvalue weighted by Gasteiger charge is -2.09. The zero-order valence-electron chi connectivity index (χ0n) is 11.4. The summed E-state index contributed by atoms with van der Waals surface area (Å²) in [7, 11) is 0. The molecule has 2 aromatic rings. The molecule has 0 saturated carbocycles. The topological polar surface area (TPSA) is 35.1 Å². The number of rotatable bonds is 5. The fourth-order valence-corrected chi connectivity index (χ4v) is 2.40. The number of ketones is 1. The molecule has 0 spiro atoms. The molecular formula is C15H18ClNO2. The Balaban J connectivity index is 2.19. The van der Waals surface area contributed by atoms with Crippen LogP contribution >= 0.6 is 11.6 Å². The third-order valence-electron chi connectivity index (χ3n) is 3.36. The van der Waals surface area contributed by atoms with E-state index in [2.05, 4.69) is 4.57 Å². The number of aromatic nitrogens is 1. The summed E-state index contributed by atoms with van der Waals surface area (Å²) in [6.07, 6.45) is 2.49. The van der Waals surface area contributed by atoms with Crippen LogP contribution in [0.25, 0.3) is 0 Å². The van der Waals surface area contributed by atoms with E-state index >= 15 is 0 Å². The van der Waals surface area contributed by atoms with Crippen LogP contribution < -0.4 is 0 Å². The van der Waals surface area contributed by atoms with E-state index in [1.807, 2.05) is 32.0 Å². The Labute approximate surface area is 118 Å². The molecule has 102 valence electrons. The smallest absolute Gasteiger partial charge is 0.182 e. The third-order valence-corrected chi connectivity index (χ3v) is 3.56. The molecule has 19 heavy (non-hydrogen) atoms. The molecule has 3 nitrogen and oxygen atoms in total. The first-order valence-corrected chi connectivity index (χ1v) is 6.81. The van der Waals surface area contributed by atoms with E-state index in [-0.39, 0.29) is 5.78 Å². The largest absolute Gasteiger partial charge is 0.469 e. The van der Waals surface area contributed by atoms with Gasteiger partial charge in [-0.1, -0.05) is 0 Å². The second-order valence-electron chi connectivity index (χ2n) is 4.75. The van der Waals surface area contributed by atoms with Crippen molar-refractivity contribution in [1.29, 1.82) is 0 Å². The molecule has 4 heteroatoms. The molecule has 0 saturated heterocycles. The van der Waals surface area contributed by atoms with E-state index < -0.39 is 5.38 Å². The number of hydrogen-bond donors (Lipinski definition) is 0. The van der Waals surface area contributed by atoms with Gasteiger partial charge in [0.05, 0.1) is 11.6 Å². The molecule has 2 rings (SSSR count). The Bertz CT molecular complexity index is 567. The standard InChI is InChI=1S/C15H18ClNO2/c1-10-9-14(15(18)11(2)16)12(3)17(10)7-6-13-5-4-8-19-13/h4-5,8-9,11H,6-7H2,1-3H3. The van der Waals surface area contributed by atoms with Crippen LogP contribution in [0.2, 0.25) is 0 Å². The van der Waals surface area contributed by atoms with Crippen molar-refractivity contribution in [3.05, 3.63) is 47.2 Å². The van der Waals surface area contributed by atoms with Crippen molar-refractivity contribution < 1.29 is 9.21 Å². The first-order chi connectivity index (χ1) is 9.00. The van der Waals surface area contributed by atoms with E-state index in [9.17, 15) is 4.79 Å². The Morgan fingerprint density at radius 2 is 2.21 bits per heavy atom. The number of carbonyl (C=O) groups is 1. The lowest BCUT2D eigenvalue weighted by molar-refractivity contribution is 0.0991. The SMILES string of the molecule is Cc1cc(C(=O)C(C)Cl)c(C)n1CCc1ccco1. The highest BCUT2D eigenvalue weighted by Gasteiger charge is 2.19. The molecule has 0 fully saturated rings. The number of aryl methyl sites for hydroxylation is 2. The van der Waals surface area contributed by atoms with Crippen LogP contribution in [0, 0.1) is 13.8 Å². The Hall–Kier alpha value is -1.48. The van der Waals surface area contributed by atoms with Crippen molar-refractivity contribution in [1.82, 2.24) is 4.57 Å². The molecule has 0 aliphatic rings. The predicted octanol–water partition coefficient (Wildman–Crippen LogP) is 3.75. The molecule has 0 amide bonds. The van der Waals surface area contributed by atoms with Gasteiger partial charge in [0.25, 0.3) is 0 Å². The van der Waals surface area contributed by atoms with Gasteiger partial charge in [0.1, 0.15) is 5.76 Å². The summed E-state index contributed by atoms with van der Waals surface area (Å²) in [6.45, 7) is 6.47. The third kappa shape index (κ3) is 2.92. The zero-order valence-corrected chi connectivity index (χ0v) is 12.2. The van der Waals surface area contributed by atoms with Crippen molar-refractivity contribution in [2.45, 2.75) is 39.1 Å². The maximum atomic E-state index is 12.0. The normalized spacial score (nSPS) is 12.6. The minimum absolute atomic E-state index is 0.0148. The number of nitrogens with zero attached hydrogens (tertiary/aromatic N) is 1. The van der Waals surface area contributed by atoms with Crippen molar-refractivity contribution in [2.75, 3.05) is 0 Å². The molecule has 0 radical (unpaired) electrons. The maximum absolute atomic E-state index is 12.0. The summed E-state index contributed by atoms with van der Waals surface area (Å²) in [5.74, 6) is 0.935. The minimum Gasteiger partial charge on any atom is -0.469 e. The zero-order chi connectivity index (χ0) is 14.0. The Kier molecular flexibility index (Phi) is 4.15. The van der Waals surface area contributed by atoms with Crippen LogP contribution in [0.3, 0.4) is 0 Å². The molecular weight excluding hydrogens is 262 g/mol. The highest BCUT2D eigenvalue weighted by molar-refractivity contribution is 6.33. The van der Waals surface area contributed by atoms with E-state index in [0.717, 1.165) is 35.7 Å². The molecule has 1 unspecified atom stereocenters. The quantitative estimate of drug-likeness (QED) is 0.617. The summed E-state index contributed by atoms with van der Waals surface area (Å²) in [6, 6.07) is 5.76. The first-order valence-electron chi connectivity index (χ1n) is 6.38. The van der Waals surface area contributed by atoms with Crippen molar-refractivity contribution >= 4 is 17.4 Å². The summed E-state index contributed by atoms with van der Waals surface area (Å²) in [4.78, 5) is 12.0. The first kappa shape index (κ1) is 13.9. The lowest BCUT2D eigenvalue weighted by Crippen LogP contribution is -2.12. The summed E-state index contributed by atoms with van der Waals surface area (Å²) in [5.41, 5.74) is 2.77. The molecule has 0 aliphatic carbocycles. The van der Waals surface area contributed by atoms with Gasteiger partial charge in [0.2, 0.25) is 0 Å². The van der Waals surface area contributed by atoms with Crippen molar-refractivity contribution in [2.24, 2.45) is 0 Å². The molecule has 2 aromatic heterocycles. The fraction of sp³-hybridized carbons (Fsp3) is 0.400. The van der Waals surface area contributed by atoms with Crippen LogP contribution in [0.4, 0.5) is 0 Å². The van der Waals surface area contributed by atoms with Crippen LogP contribution in [0.1, 0.15) is 34.4 Å². The second-order valence-corrected chi connectivity index (χ2v) is 5.40. The van der Waals surface area contributed by atoms with E-state index in [1.54, 1.807) is 13.2 Å². The Morgan fingerprint density at radius 1 is 1.47 bits per heavy atom. The minimum atomic E-state index is -0.487. The number of Topliss-reactive ketones (excluding diaryl/α,β-unsaturated/α-hetero) is 1. The highest BCUT2D eigenvalue weighted by Crippen LogP contribution is 2.19. The van der Waals surface area contributed by atoms with Gasteiger partial charge in [-0.15, -0.1) is 11.6 Å². The molecule has 0 aromatic carbocycles. The Morgan fingerprint density at radius 3 is 2.79 bits per heavy atom. The highest BCUT2D eigenvalue weighted by atomic mass is 35.5. The van der Waals surface area contributed by atoms with E-state index in [1.165, 1.54) is 0 Å². The average Bonchev–Trinajstić information content (AvgIpc) is 2.96. The maximum Gasteiger partial charge on any atom is 0.182 e. The molecule has 0 bridgehead atoms. The van der Waals surface area contributed by atoms with E-state index in [0.29, 0.717) is 0 Å². The van der Waals surface area contributed by atoms with Gasteiger partial charge in [-0.2, -0.15) is 0 Å². The number of alkyl halides is 1. The van der Waals surface area contributed by atoms with Gasteiger partial charge in [-0.25, -0.2) is 0 Å². The fourth-order valence-electron chi connectivity index (χ4n) is 2.29. The van der Waals surface area contributed by atoms with Gasteiger partial charge in [0.15, 0.2) is 5.78 Å². The van der Waals surface area contributed by atoms with Gasteiger partial charge in [0, 0.05) is 29.9 Å². The number of hydrogen-bond acceptors (Lipinski definition) is 2. The van der Waals surface area contributed by atoms with Crippen molar-refractivity contribution in [3.63, 3.8) is 0 Å². The molecule has 0 aliphatic heterocycles. The average molecular weight is 280 g/mol. The van der Waals surface area contributed by atoms with Gasteiger partial charge >= 0.3 is 0 Å². The van der Waals surface area contributed by atoms with Gasteiger partial charge < -0.3 is 8.98 Å². The lowest BCUT2D eigenvalue weighted by atomic mass is 10.1. The number of halogens is 1. The van der Waals surface area contributed by atoms with Crippen LogP contribution in [-0.2, 0) is 13.0 Å².